The Morgan fingerprint density at radius 1 is 1.25 bits per heavy atom. The van der Waals surface area contributed by atoms with Gasteiger partial charge in [0.15, 0.2) is 0 Å². The van der Waals surface area contributed by atoms with Crippen molar-refractivity contribution in [3.05, 3.63) is 30.1 Å². The highest BCUT2D eigenvalue weighted by molar-refractivity contribution is 7.80. The van der Waals surface area contributed by atoms with Gasteiger partial charge in [-0.2, -0.15) is 0 Å². The van der Waals surface area contributed by atoms with E-state index in [0.717, 1.165) is 25.7 Å². The van der Waals surface area contributed by atoms with Crippen molar-refractivity contribution in [1.29, 1.82) is 0 Å². The summed E-state index contributed by atoms with van der Waals surface area (Å²) in [7, 11) is 0. The molecule has 0 aliphatic heterocycles. The van der Waals surface area contributed by atoms with Crippen LogP contribution < -0.4 is 11.1 Å². The van der Waals surface area contributed by atoms with Gasteiger partial charge in [0.2, 0.25) is 0 Å². The minimum atomic E-state index is -0.539. The highest BCUT2D eigenvalue weighted by atomic mass is 32.1. The molecule has 1 saturated carbocycles. The Hall–Kier alpha value is -1.49. The van der Waals surface area contributed by atoms with E-state index in [9.17, 15) is 4.79 Å². The molecule has 0 spiro atoms. The molecule has 0 saturated heterocycles. The maximum absolute atomic E-state index is 12.4. The lowest BCUT2D eigenvalue weighted by atomic mass is 9.83. The molecule has 5 heteroatoms. The number of nitrogens with one attached hydrogen (secondary N) is 1. The zero-order valence-corrected chi connectivity index (χ0v) is 12.4. The van der Waals surface area contributed by atoms with E-state index in [0.29, 0.717) is 10.6 Å². The molecule has 1 heterocycles. The molecule has 108 valence electrons. The normalized spacial score (nSPS) is 18.6. The number of amides is 1. The van der Waals surface area contributed by atoms with E-state index in [-0.39, 0.29) is 5.91 Å². The van der Waals surface area contributed by atoms with Gasteiger partial charge in [0, 0.05) is 12.4 Å². The van der Waals surface area contributed by atoms with Crippen molar-refractivity contribution < 1.29 is 4.79 Å². The van der Waals surface area contributed by atoms with Gasteiger partial charge in [-0.1, -0.05) is 44.3 Å². The standard InChI is InChI=1S/C15H21N3OS/c16-14(20)15(8-4-2-1-3-5-9-15)18-13(19)12-7-6-10-17-11-12/h6-7,10-11H,1-5,8-9H2,(H2,16,20)(H,18,19). The van der Waals surface area contributed by atoms with Crippen molar-refractivity contribution in [3.63, 3.8) is 0 Å². The van der Waals surface area contributed by atoms with Gasteiger partial charge in [-0.05, 0) is 25.0 Å². The Morgan fingerprint density at radius 3 is 2.45 bits per heavy atom. The van der Waals surface area contributed by atoms with Crippen LogP contribution in [0.1, 0.15) is 55.3 Å². The van der Waals surface area contributed by atoms with E-state index < -0.39 is 5.54 Å². The summed E-state index contributed by atoms with van der Waals surface area (Å²) in [5.41, 5.74) is 5.96. The van der Waals surface area contributed by atoms with Crippen molar-refractivity contribution in [2.45, 2.75) is 50.5 Å². The molecule has 1 aliphatic rings. The smallest absolute Gasteiger partial charge is 0.253 e. The third-order valence-electron chi connectivity index (χ3n) is 3.96. The van der Waals surface area contributed by atoms with Crippen molar-refractivity contribution in [2.24, 2.45) is 5.73 Å². The minimum absolute atomic E-state index is 0.147. The Kier molecular flexibility index (Phi) is 5.06. The predicted molar refractivity (Wildman–Crippen MR) is 83.5 cm³/mol. The number of rotatable bonds is 3. The number of carbonyl (C=O) groups excluding carboxylic acids is 1. The van der Waals surface area contributed by atoms with Crippen LogP contribution in [0.2, 0.25) is 0 Å². The van der Waals surface area contributed by atoms with Gasteiger partial charge < -0.3 is 11.1 Å². The first kappa shape index (κ1) is 14.9. The van der Waals surface area contributed by atoms with Crippen LogP contribution in [-0.4, -0.2) is 21.4 Å². The first-order valence-corrected chi connectivity index (χ1v) is 7.57. The number of thiocarbonyl (C=S) groups is 1. The molecule has 1 aromatic rings. The molecule has 3 N–H and O–H groups in total. The number of carbonyl (C=O) groups is 1. The average Bonchev–Trinajstić information content (AvgIpc) is 2.42. The molecular formula is C15H21N3OS. The van der Waals surface area contributed by atoms with E-state index in [2.05, 4.69) is 10.3 Å². The number of aromatic nitrogens is 1. The Labute approximate surface area is 125 Å². The fraction of sp³-hybridized carbons (Fsp3) is 0.533. The van der Waals surface area contributed by atoms with Crippen LogP contribution in [0.15, 0.2) is 24.5 Å². The first-order chi connectivity index (χ1) is 9.64. The van der Waals surface area contributed by atoms with E-state index in [4.69, 9.17) is 18.0 Å². The van der Waals surface area contributed by atoms with Crippen molar-refractivity contribution in [2.75, 3.05) is 0 Å². The maximum Gasteiger partial charge on any atom is 0.253 e. The van der Waals surface area contributed by atoms with Gasteiger partial charge in [0.1, 0.15) is 0 Å². The second-order valence-electron chi connectivity index (χ2n) is 5.41. The summed E-state index contributed by atoms with van der Waals surface area (Å²) < 4.78 is 0. The van der Waals surface area contributed by atoms with Crippen LogP contribution in [0.3, 0.4) is 0 Å². The van der Waals surface area contributed by atoms with Gasteiger partial charge in [0.05, 0.1) is 16.1 Å². The van der Waals surface area contributed by atoms with Gasteiger partial charge in [-0.15, -0.1) is 0 Å². The molecule has 0 unspecified atom stereocenters. The average molecular weight is 291 g/mol. The van der Waals surface area contributed by atoms with Gasteiger partial charge in [-0.3, -0.25) is 9.78 Å². The molecule has 4 nitrogen and oxygen atoms in total. The van der Waals surface area contributed by atoms with Crippen molar-refractivity contribution >= 4 is 23.1 Å². The summed E-state index contributed by atoms with van der Waals surface area (Å²) in [6.45, 7) is 0. The molecule has 1 amide bonds. The lowest BCUT2D eigenvalue weighted by Crippen LogP contribution is -2.57. The molecule has 1 aliphatic carbocycles. The fourth-order valence-corrected chi connectivity index (χ4v) is 2.98. The molecule has 2 rings (SSSR count). The van der Waals surface area contributed by atoms with Crippen LogP contribution in [0.4, 0.5) is 0 Å². The SMILES string of the molecule is NC(=S)C1(NC(=O)c2cccnc2)CCCCCCC1. The van der Waals surface area contributed by atoms with E-state index in [1.807, 2.05) is 0 Å². The van der Waals surface area contributed by atoms with Crippen LogP contribution in [0.5, 0.6) is 0 Å². The molecule has 0 aromatic carbocycles. The second-order valence-corrected chi connectivity index (χ2v) is 5.85. The van der Waals surface area contributed by atoms with Crippen LogP contribution in [-0.2, 0) is 0 Å². The zero-order valence-electron chi connectivity index (χ0n) is 11.6. The highest BCUT2D eigenvalue weighted by Gasteiger charge is 2.35. The molecule has 0 bridgehead atoms. The Balaban J connectivity index is 2.15. The van der Waals surface area contributed by atoms with Gasteiger partial charge in [-0.25, -0.2) is 0 Å². The predicted octanol–water partition coefficient (Wildman–Crippen LogP) is 2.58. The third-order valence-corrected chi connectivity index (χ3v) is 4.35. The Morgan fingerprint density at radius 2 is 1.90 bits per heavy atom. The van der Waals surface area contributed by atoms with Crippen molar-refractivity contribution in [1.82, 2.24) is 10.3 Å². The van der Waals surface area contributed by atoms with E-state index >= 15 is 0 Å². The van der Waals surface area contributed by atoms with Gasteiger partial charge in [0.25, 0.3) is 5.91 Å². The summed E-state index contributed by atoms with van der Waals surface area (Å²) in [6.07, 6.45) is 10.6. The highest BCUT2D eigenvalue weighted by Crippen LogP contribution is 2.27. The van der Waals surface area contributed by atoms with E-state index in [1.165, 1.54) is 19.3 Å². The van der Waals surface area contributed by atoms with Crippen LogP contribution in [0, 0.1) is 0 Å². The number of nitrogens with zero attached hydrogens (tertiary/aromatic N) is 1. The summed E-state index contributed by atoms with van der Waals surface area (Å²) >= 11 is 5.25. The largest absolute Gasteiger partial charge is 0.391 e. The van der Waals surface area contributed by atoms with Crippen LogP contribution in [0.25, 0.3) is 0 Å². The quantitative estimate of drug-likeness (QED) is 0.840. The molecular weight excluding hydrogens is 270 g/mol. The molecule has 0 radical (unpaired) electrons. The summed E-state index contributed by atoms with van der Waals surface area (Å²) in [6, 6.07) is 3.50. The fourth-order valence-electron chi connectivity index (χ4n) is 2.73. The zero-order chi connectivity index (χ0) is 14.4. The van der Waals surface area contributed by atoms with Crippen molar-refractivity contribution in [3.8, 4) is 0 Å². The van der Waals surface area contributed by atoms with Crippen LogP contribution >= 0.6 is 12.2 Å². The molecule has 20 heavy (non-hydrogen) atoms. The number of pyridine rings is 1. The summed E-state index contributed by atoms with van der Waals surface area (Å²) in [5.74, 6) is -0.147. The molecule has 1 aromatic heterocycles. The lowest BCUT2D eigenvalue weighted by molar-refractivity contribution is 0.0912. The third kappa shape index (κ3) is 3.54. The summed E-state index contributed by atoms with van der Waals surface area (Å²) in [5, 5.41) is 3.07. The van der Waals surface area contributed by atoms with E-state index in [1.54, 1.807) is 24.5 Å². The number of hydrogen-bond donors (Lipinski definition) is 2. The maximum atomic E-state index is 12.4. The number of nitrogens with two attached hydrogens (primary N) is 1. The molecule has 0 atom stereocenters. The lowest BCUT2D eigenvalue weighted by Gasteiger charge is -2.35. The molecule has 1 fully saturated rings. The minimum Gasteiger partial charge on any atom is -0.391 e. The summed E-state index contributed by atoms with van der Waals surface area (Å²) in [4.78, 5) is 16.7. The van der Waals surface area contributed by atoms with Gasteiger partial charge >= 0.3 is 0 Å². The monoisotopic (exact) mass is 291 g/mol. The topological polar surface area (TPSA) is 68.0 Å². The second kappa shape index (κ2) is 6.79. The first-order valence-electron chi connectivity index (χ1n) is 7.16. The number of hydrogen-bond acceptors (Lipinski definition) is 3. The Bertz CT molecular complexity index is 467.